The minimum absolute atomic E-state index is 0.386. The highest BCUT2D eigenvalue weighted by Gasteiger charge is 2.09. The second kappa shape index (κ2) is 2.96. The fraction of sp³-hybridized carbons (Fsp3) is 0.0909. The average molecular weight is 171 g/mol. The van der Waals surface area contributed by atoms with E-state index in [4.69, 9.17) is 16.6 Å². The van der Waals surface area contributed by atoms with Crippen molar-refractivity contribution in [3.8, 4) is 12.3 Å². The molecule has 1 aromatic carbocycles. The van der Waals surface area contributed by atoms with Crippen LogP contribution in [0.25, 0.3) is 11.0 Å². The van der Waals surface area contributed by atoms with Crippen LogP contribution in [0.4, 0.5) is 0 Å². The normalized spacial score (nSPS) is 12.6. The van der Waals surface area contributed by atoms with Crippen molar-refractivity contribution in [3.63, 3.8) is 0 Å². The Bertz CT molecular complexity index is 464. The Morgan fingerprint density at radius 2 is 2.15 bits per heavy atom. The summed E-state index contributed by atoms with van der Waals surface area (Å²) in [6, 6.07) is 7.30. The minimum atomic E-state index is -0.386. The summed E-state index contributed by atoms with van der Waals surface area (Å²) in [6.07, 6.45) is 6.86. The molecule has 0 radical (unpaired) electrons. The van der Waals surface area contributed by atoms with E-state index >= 15 is 0 Å². The summed E-state index contributed by atoms with van der Waals surface area (Å²) < 4.78 is 5.30. The van der Waals surface area contributed by atoms with Gasteiger partial charge in [0.2, 0.25) is 0 Å². The molecule has 1 heterocycles. The number of rotatable bonds is 1. The van der Waals surface area contributed by atoms with E-state index in [0.29, 0.717) is 0 Å². The zero-order valence-corrected chi connectivity index (χ0v) is 7.03. The van der Waals surface area contributed by atoms with Gasteiger partial charge in [0.05, 0.1) is 12.3 Å². The summed E-state index contributed by atoms with van der Waals surface area (Å²) in [5.74, 6) is 2.48. The van der Waals surface area contributed by atoms with Crippen molar-refractivity contribution < 1.29 is 4.42 Å². The SMILES string of the molecule is C#CC(N)c1coc2ccccc12. The molecule has 0 aliphatic heterocycles. The van der Waals surface area contributed by atoms with Gasteiger partial charge in [-0.25, -0.2) is 0 Å². The highest BCUT2D eigenvalue weighted by Crippen LogP contribution is 2.24. The first-order valence-electron chi connectivity index (χ1n) is 4.01. The molecule has 0 saturated heterocycles. The predicted octanol–water partition coefficient (Wildman–Crippen LogP) is 2.07. The lowest BCUT2D eigenvalue weighted by molar-refractivity contribution is 0.608. The first-order valence-corrected chi connectivity index (χ1v) is 4.01. The highest BCUT2D eigenvalue weighted by atomic mass is 16.3. The third-order valence-corrected chi connectivity index (χ3v) is 2.03. The average Bonchev–Trinajstić information content (AvgIpc) is 2.60. The van der Waals surface area contributed by atoms with Gasteiger partial charge in [-0.2, -0.15) is 0 Å². The van der Waals surface area contributed by atoms with Crippen LogP contribution in [-0.4, -0.2) is 0 Å². The molecule has 0 bridgehead atoms. The van der Waals surface area contributed by atoms with Crippen LogP contribution in [0.3, 0.4) is 0 Å². The Morgan fingerprint density at radius 3 is 2.92 bits per heavy atom. The third-order valence-electron chi connectivity index (χ3n) is 2.03. The number of hydrogen-bond donors (Lipinski definition) is 1. The van der Waals surface area contributed by atoms with Gasteiger partial charge in [0.1, 0.15) is 5.58 Å². The van der Waals surface area contributed by atoms with E-state index in [1.165, 1.54) is 0 Å². The predicted molar refractivity (Wildman–Crippen MR) is 52.0 cm³/mol. The van der Waals surface area contributed by atoms with Crippen LogP contribution >= 0.6 is 0 Å². The molecule has 0 saturated carbocycles. The van der Waals surface area contributed by atoms with Gasteiger partial charge >= 0.3 is 0 Å². The van der Waals surface area contributed by atoms with E-state index in [9.17, 15) is 0 Å². The second-order valence-electron chi connectivity index (χ2n) is 2.83. The van der Waals surface area contributed by atoms with Crippen molar-refractivity contribution in [2.45, 2.75) is 6.04 Å². The van der Waals surface area contributed by atoms with Gasteiger partial charge in [-0.15, -0.1) is 6.42 Å². The third kappa shape index (κ3) is 1.20. The number of benzene rings is 1. The van der Waals surface area contributed by atoms with Crippen molar-refractivity contribution in [2.24, 2.45) is 5.73 Å². The molecule has 0 aliphatic rings. The first-order chi connectivity index (χ1) is 6.33. The van der Waals surface area contributed by atoms with Crippen LogP contribution in [0.5, 0.6) is 0 Å². The van der Waals surface area contributed by atoms with Crippen molar-refractivity contribution in [2.75, 3.05) is 0 Å². The topological polar surface area (TPSA) is 39.2 Å². The summed E-state index contributed by atoms with van der Waals surface area (Å²) in [7, 11) is 0. The molecule has 0 amide bonds. The lowest BCUT2D eigenvalue weighted by atomic mass is 10.1. The molecule has 1 atom stereocenters. The molecule has 13 heavy (non-hydrogen) atoms. The molecule has 0 spiro atoms. The van der Waals surface area contributed by atoms with Crippen LogP contribution in [0, 0.1) is 12.3 Å². The van der Waals surface area contributed by atoms with Gasteiger partial charge in [0, 0.05) is 10.9 Å². The number of hydrogen-bond acceptors (Lipinski definition) is 2. The molecule has 1 aromatic heterocycles. The molecule has 2 heteroatoms. The Labute approximate surface area is 76.3 Å². The van der Waals surface area contributed by atoms with E-state index in [1.54, 1.807) is 6.26 Å². The van der Waals surface area contributed by atoms with Crippen LogP contribution in [0.1, 0.15) is 11.6 Å². The standard InChI is InChI=1S/C11H9NO/c1-2-10(12)9-7-13-11-6-4-3-5-8(9)11/h1,3-7,10H,12H2. The van der Waals surface area contributed by atoms with E-state index < -0.39 is 0 Å². The molecule has 2 aromatic rings. The molecular weight excluding hydrogens is 162 g/mol. The number of para-hydroxylation sites is 1. The summed E-state index contributed by atoms with van der Waals surface area (Å²) in [5, 5.41) is 0.993. The fourth-order valence-electron chi connectivity index (χ4n) is 1.33. The maximum Gasteiger partial charge on any atom is 0.134 e. The molecule has 1 unspecified atom stereocenters. The van der Waals surface area contributed by atoms with Gasteiger partial charge < -0.3 is 10.2 Å². The molecule has 2 nitrogen and oxygen atoms in total. The maximum absolute atomic E-state index is 5.71. The lowest BCUT2D eigenvalue weighted by Crippen LogP contribution is -2.05. The molecule has 2 rings (SSSR count). The van der Waals surface area contributed by atoms with Crippen LogP contribution in [0.15, 0.2) is 34.9 Å². The Hall–Kier alpha value is -1.72. The maximum atomic E-state index is 5.71. The van der Waals surface area contributed by atoms with Crippen LogP contribution < -0.4 is 5.73 Å². The highest BCUT2D eigenvalue weighted by molar-refractivity contribution is 5.81. The van der Waals surface area contributed by atoms with Crippen molar-refractivity contribution >= 4 is 11.0 Å². The van der Waals surface area contributed by atoms with Gasteiger partial charge in [-0.3, -0.25) is 0 Å². The van der Waals surface area contributed by atoms with E-state index in [0.717, 1.165) is 16.5 Å². The first kappa shape index (κ1) is 7.90. The number of furan rings is 1. The summed E-state index contributed by atoms with van der Waals surface area (Å²) in [4.78, 5) is 0. The number of fused-ring (bicyclic) bond motifs is 1. The van der Waals surface area contributed by atoms with Crippen LogP contribution in [-0.2, 0) is 0 Å². The zero-order chi connectivity index (χ0) is 9.26. The zero-order valence-electron chi connectivity index (χ0n) is 7.03. The Kier molecular flexibility index (Phi) is 1.80. The van der Waals surface area contributed by atoms with Crippen molar-refractivity contribution in [3.05, 3.63) is 36.1 Å². The minimum Gasteiger partial charge on any atom is -0.464 e. The molecule has 0 fully saturated rings. The molecule has 2 N–H and O–H groups in total. The molecular formula is C11H9NO. The smallest absolute Gasteiger partial charge is 0.134 e. The quantitative estimate of drug-likeness (QED) is 0.667. The van der Waals surface area contributed by atoms with Crippen LogP contribution in [0.2, 0.25) is 0 Å². The van der Waals surface area contributed by atoms with Gasteiger partial charge in [0.25, 0.3) is 0 Å². The van der Waals surface area contributed by atoms with E-state index in [-0.39, 0.29) is 6.04 Å². The summed E-state index contributed by atoms with van der Waals surface area (Å²) in [6.45, 7) is 0. The molecule has 64 valence electrons. The summed E-state index contributed by atoms with van der Waals surface area (Å²) >= 11 is 0. The second-order valence-corrected chi connectivity index (χ2v) is 2.83. The number of nitrogens with two attached hydrogens (primary N) is 1. The molecule has 0 aliphatic carbocycles. The summed E-state index contributed by atoms with van der Waals surface area (Å²) in [5.41, 5.74) is 7.40. The Morgan fingerprint density at radius 1 is 1.38 bits per heavy atom. The van der Waals surface area contributed by atoms with E-state index in [1.807, 2.05) is 24.3 Å². The van der Waals surface area contributed by atoms with Gasteiger partial charge in [-0.1, -0.05) is 24.1 Å². The fourth-order valence-corrected chi connectivity index (χ4v) is 1.33. The monoisotopic (exact) mass is 171 g/mol. The van der Waals surface area contributed by atoms with Gasteiger partial charge in [0.15, 0.2) is 0 Å². The lowest BCUT2D eigenvalue weighted by Gasteiger charge is -1.99. The Balaban J connectivity index is 2.66. The number of terminal acetylenes is 1. The van der Waals surface area contributed by atoms with Gasteiger partial charge in [-0.05, 0) is 6.07 Å². The van der Waals surface area contributed by atoms with E-state index in [2.05, 4.69) is 5.92 Å². The van der Waals surface area contributed by atoms with Crippen molar-refractivity contribution in [1.29, 1.82) is 0 Å². The van der Waals surface area contributed by atoms with Crippen molar-refractivity contribution in [1.82, 2.24) is 0 Å². The largest absolute Gasteiger partial charge is 0.464 e.